The predicted octanol–water partition coefficient (Wildman–Crippen LogP) is 3.61. The Labute approximate surface area is 111 Å². The van der Waals surface area contributed by atoms with Gasteiger partial charge in [-0.2, -0.15) is 13.2 Å². The lowest BCUT2D eigenvalue weighted by atomic mass is 10.2. The van der Waals surface area contributed by atoms with Crippen LogP contribution in [-0.2, 0) is 12.7 Å². The molecule has 0 fully saturated rings. The van der Waals surface area contributed by atoms with Gasteiger partial charge < -0.3 is 14.8 Å². The minimum Gasteiger partial charge on any atom is -0.478 e. The molecule has 0 radical (unpaired) electrons. The number of nitrogens with one attached hydrogen (secondary N) is 1. The number of carboxylic acids is 1. The molecule has 20 heavy (non-hydrogen) atoms. The minimum absolute atomic E-state index is 0.00848. The van der Waals surface area contributed by atoms with Crippen LogP contribution in [0.4, 0.5) is 18.9 Å². The van der Waals surface area contributed by atoms with Gasteiger partial charge in [0.15, 0.2) is 0 Å². The molecule has 0 atom stereocenters. The number of carboxylic acid groups (broad SMARTS) is 1. The van der Waals surface area contributed by atoms with Crippen LogP contribution in [0.15, 0.2) is 41.0 Å². The van der Waals surface area contributed by atoms with Gasteiger partial charge in [-0.15, -0.1) is 0 Å². The van der Waals surface area contributed by atoms with Gasteiger partial charge in [-0.3, -0.25) is 0 Å². The highest BCUT2D eigenvalue weighted by atomic mass is 19.4. The van der Waals surface area contributed by atoms with Crippen LogP contribution < -0.4 is 5.32 Å². The van der Waals surface area contributed by atoms with Crippen molar-refractivity contribution in [3.8, 4) is 0 Å². The molecule has 0 bridgehead atoms. The Morgan fingerprint density at radius 2 is 2.05 bits per heavy atom. The average Bonchev–Trinajstić information content (AvgIpc) is 2.85. The van der Waals surface area contributed by atoms with E-state index in [1.165, 1.54) is 18.2 Å². The zero-order valence-electron chi connectivity index (χ0n) is 10.1. The van der Waals surface area contributed by atoms with E-state index in [1.54, 1.807) is 0 Å². The second-order valence-corrected chi connectivity index (χ2v) is 4.04. The summed E-state index contributed by atoms with van der Waals surface area (Å²) in [6, 6.07) is 6.02. The molecule has 106 valence electrons. The zero-order chi connectivity index (χ0) is 14.8. The van der Waals surface area contributed by atoms with Gasteiger partial charge in [0.05, 0.1) is 17.7 Å². The van der Waals surface area contributed by atoms with Crippen molar-refractivity contribution in [1.29, 1.82) is 0 Å². The molecule has 0 saturated heterocycles. The van der Waals surface area contributed by atoms with Crippen molar-refractivity contribution >= 4 is 11.7 Å². The lowest BCUT2D eigenvalue weighted by Crippen LogP contribution is -2.06. The first kappa shape index (κ1) is 14.0. The van der Waals surface area contributed by atoms with Crippen molar-refractivity contribution in [2.75, 3.05) is 5.32 Å². The predicted molar refractivity (Wildman–Crippen MR) is 64.4 cm³/mol. The summed E-state index contributed by atoms with van der Waals surface area (Å²) in [5.41, 5.74) is -0.493. The number of rotatable bonds is 4. The summed E-state index contributed by atoms with van der Waals surface area (Å²) in [5, 5.41) is 11.4. The smallest absolute Gasteiger partial charge is 0.416 e. The van der Waals surface area contributed by atoms with E-state index in [1.807, 2.05) is 0 Å². The van der Waals surface area contributed by atoms with Crippen molar-refractivity contribution < 1.29 is 27.5 Å². The summed E-state index contributed by atoms with van der Waals surface area (Å²) in [6.45, 7) is 0.0919. The standard InChI is InChI=1S/C13H10F3NO3/c14-13(15,16)9-2-1-3-10(5-9)17-6-11-4-8(7-20-11)12(18)19/h1-5,7,17H,6H2,(H,18,19). The average molecular weight is 285 g/mol. The lowest BCUT2D eigenvalue weighted by molar-refractivity contribution is -0.137. The Balaban J connectivity index is 2.05. The van der Waals surface area contributed by atoms with Crippen LogP contribution in [-0.4, -0.2) is 11.1 Å². The van der Waals surface area contributed by atoms with Crippen molar-refractivity contribution in [1.82, 2.24) is 0 Å². The topological polar surface area (TPSA) is 62.5 Å². The van der Waals surface area contributed by atoms with E-state index in [0.29, 0.717) is 5.76 Å². The van der Waals surface area contributed by atoms with Crippen LogP contribution in [0.5, 0.6) is 0 Å². The molecule has 2 aromatic rings. The summed E-state index contributed by atoms with van der Waals surface area (Å²) in [4.78, 5) is 10.6. The van der Waals surface area contributed by atoms with Gasteiger partial charge in [-0.05, 0) is 24.3 Å². The maximum absolute atomic E-state index is 12.5. The molecule has 0 amide bonds. The van der Waals surface area contributed by atoms with E-state index in [-0.39, 0.29) is 17.8 Å². The summed E-state index contributed by atoms with van der Waals surface area (Å²) in [7, 11) is 0. The molecule has 0 unspecified atom stereocenters. The number of hydrogen-bond donors (Lipinski definition) is 2. The largest absolute Gasteiger partial charge is 0.478 e. The summed E-state index contributed by atoms with van der Waals surface area (Å²) in [5.74, 6) is -0.807. The molecular formula is C13H10F3NO3. The quantitative estimate of drug-likeness (QED) is 0.900. The highest BCUT2D eigenvalue weighted by Gasteiger charge is 2.30. The molecule has 0 spiro atoms. The van der Waals surface area contributed by atoms with E-state index in [0.717, 1.165) is 18.4 Å². The molecule has 0 aliphatic rings. The van der Waals surface area contributed by atoms with E-state index < -0.39 is 17.7 Å². The summed E-state index contributed by atoms with van der Waals surface area (Å²) in [6.07, 6.45) is -3.33. The van der Waals surface area contributed by atoms with Crippen molar-refractivity contribution in [2.24, 2.45) is 0 Å². The molecule has 2 rings (SSSR count). The SMILES string of the molecule is O=C(O)c1coc(CNc2cccc(C(F)(F)F)c2)c1. The molecule has 0 saturated carbocycles. The molecule has 0 aliphatic heterocycles. The number of carbonyl (C=O) groups is 1. The van der Waals surface area contributed by atoms with Gasteiger partial charge in [0, 0.05) is 5.69 Å². The molecule has 1 heterocycles. The Kier molecular flexibility index (Phi) is 3.69. The van der Waals surface area contributed by atoms with Gasteiger partial charge in [0.2, 0.25) is 0 Å². The number of aromatic carboxylic acids is 1. The molecular weight excluding hydrogens is 275 g/mol. The second-order valence-electron chi connectivity index (χ2n) is 4.04. The zero-order valence-corrected chi connectivity index (χ0v) is 10.1. The maximum Gasteiger partial charge on any atom is 0.416 e. The van der Waals surface area contributed by atoms with E-state index in [9.17, 15) is 18.0 Å². The van der Waals surface area contributed by atoms with Crippen LogP contribution in [0, 0.1) is 0 Å². The Morgan fingerprint density at radius 1 is 1.30 bits per heavy atom. The fourth-order valence-electron chi connectivity index (χ4n) is 1.58. The number of benzene rings is 1. The van der Waals surface area contributed by atoms with Gasteiger partial charge in [0.25, 0.3) is 0 Å². The third-order valence-electron chi connectivity index (χ3n) is 2.56. The number of anilines is 1. The molecule has 1 aromatic carbocycles. The van der Waals surface area contributed by atoms with Crippen LogP contribution >= 0.6 is 0 Å². The highest BCUT2D eigenvalue weighted by Crippen LogP contribution is 2.30. The van der Waals surface area contributed by atoms with E-state index in [2.05, 4.69) is 5.32 Å². The third-order valence-corrected chi connectivity index (χ3v) is 2.56. The van der Waals surface area contributed by atoms with Crippen LogP contribution in [0.2, 0.25) is 0 Å². The molecule has 7 heteroatoms. The minimum atomic E-state index is -4.40. The summed E-state index contributed by atoms with van der Waals surface area (Å²) < 4.78 is 42.5. The number of alkyl halides is 3. The second kappa shape index (κ2) is 5.28. The third kappa shape index (κ3) is 3.31. The Hall–Kier alpha value is -2.44. The van der Waals surface area contributed by atoms with Crippen LogP contribution in [0.1, 0.15) is 21.7 Å². The first-order valence-corrected chi connectivity index (χ1v) is 5.58. The van der Waals surface area contributed by atoms with Crippen molar-refractivity contribution in [3.05, 3.63) is 53.5 Å². The number of halogens is 3. The van der Waals surface area contributed by atoms with Gasteiger partial charge in [0.1, 0.15) is 12.0 Å². The lowest BCUT2D eigenvalue weighted by Gasteiger charge is -2.09. The van der Waals surface area contributed by atoms with E-state index in [4.69, 9.17) is 9.52 Å². The molecule has 2 N–H and O–H groups in total. The molecule has 4 nitrogen and oxygen atoms in total. The Morgan fingerprint density at radius 3 is 2.65 bits per heavy atom. The van der Waals surface area contributed by atoms with Gasteiger partial charge >= 0.3 is 12.1 Å². The van der Waals surface area contributed by atoms with Gasteiger partial charge in [-0.1, -0.05) is 6.07 Å². The maximum atomic E-state index is 12.5. The Bertz CT molecular complexity index is 619. The van der Waals surface area contributed by atoms with Crippen molar-refractivity contribution in [2.45, 2.75) is 12.7 Å². The normalized spacial score (nSPS) is 11.3. The fourth-order valence-corrected chi connectivity index (χ4v) is 1.58. The fraction of sp³-hybridized carbons (Fsp3) is 0.154. The summed E-state index contributed by atoms with van der Waals surface area (Å²) >= 11 is 0. The highest BCUT2D eigenvalue weighted by molar-refractivity contribution is 5.87. The van der Waals surface area contributed by atoms with Crippen molar-refractivity contribution in [3.63, 3.8) is 0 Å². The van der Waals surface area contributed by atoms with Crippen LogP contribution in [0.25, 0.3) is 0 Å². The van der Waals surface area contributed by atoms with Crippen LogP contribution in [0.3, 0.4) is 0 Å². The first-order chi connectivity index (χ1) is 9.36. The molecule has 0 aliphatic carbocycles. The van der Waals surface area contributed by atoms with Gasteiger partial charge in [-0.25, -0.2) is 4.79 Å². The van der Waals surface area contributed by atoms with E-state index >= 15 is 0 Å². The molecule has 1 aromatic heterocycles. The monoisotopic (exact) mass is 285 g/mol. The number of furan rings is 1. The number of hydrogen-bond acceptors (Lipinski definition) is 3. The first-order valence-electron chi connectivity index (χ1n) is 5.58.